The highest BCUT2D eigenvalue weighted by molar-refractivity contribution is 7.47. The number of phosphoric acid groups is 1. The summed E-state index contributed by atoms with van der Waals surface area (Å²) in [4.78, 5) is 54.1. The molecular formula is C14H19O8P. The molecule has 0 aromatic carbocycles. The molecule has 0 aliphatic carbocycles. The van der Waals surface area contributed by atoms with Crippen LogP contribution in [0.4, 0.5) is 0 Å². The highest BCUT2D eigenvalue weighted by Crippen LogP contribution is 2.44. The molecular weight excluding hydrogens is 327 g/mol. The largest absolute Gasteiger partial charge is 0.472 e. The number of aldehydes is 2. The number of allylic oxidation sites excluding steroid dienone is 2. The van der Waals surface area contributed by atoms with E-state index < -0.39 is 44.4 Å². The Labute approximate surface area is 133 Å². The van der Waals surface area contributed by atoms with Crippen LogP contribution in [0.25, 0.3) is 0 Å². The molecule has 0 aromatic heterocycles. The van der Waals surface area contributed by atoms with E-state index in [4.69, 9.17) is 0 Å². The van der Waals surface area contributed by atoms with Gasteiger partial charge in [-0.3, -0.25) is 18.6 Å². The molecule has 9 heteroatoms. The first kappa shape index (κ1) is 21.3. The molecule has 0 saturated heterocycles. The SMILES string of the molecule is C=C(C)C(=O)C(C=O)COP(=O)(O)OCC(C=O)C(=O)C(=C)C. The van der Waals surface area contributed by atoms with Gasteiger partial charge in [0.1, 0.15) is 24.4 Å². The molecule has 0 aromatic rings. The zero-order valence-corrected chi connectivity index (χ0v) is 13.8. The summed E-state index contributed by atoms with van der Waals surface area (Å²) in [5.74, 6) is -3.86. The van der Waals surface area contributed by atoms with Gasteiger partial charge in [-0.05, 0) is 25.0 Å². The average Bonchev–Trinajstić information content (AvgIpc) is 2.47. The van der Waals surface area contributed by atoms with Crippen LogP contribution in [0, 0.1) is 11.8 Å². The van der Waals surface area contributed by atoms with Gasteiger partial charge in [-0.1, -0.05) is 13.2 Å². The molecule has 0 fully saturated rings. The fourth-order valence-corrected chi connectivity index (χ4v) is 2.15. The average molecular weight is 346 g/mol. The maximum Gasteiger partial charge on any atom is 0.472 e. The molecule has 128 valence electrons. The van der Waals surface area contributed by atoms with Crippen molar-refractivity contribution in [2.75, 3.05) is 13.2 Å². The lowest BCUT2D eigenvalue weighted by molar-refractivity contribution is -0.126. The van der Waals surface area contributed by atoms with Crippen LogP contribution in [0.1, 0.15) is 13.8 Å². The van der Waals surface area contributed by atoms with Crippen molar-refractivity contribution >= 4 is 32.0 Å². The van der Waals surface area contributed by atoms with E-state index in [0.29, 0.717) is 0 Å². The van der Waals surface area contributed by atoms with Gasteiger partial charge in [-0.15, -0.1) is 0 Å². The maximum absolute atomic E-state index is 11.7. The molecule has 0 aliphatic heterocycles. The lowest BCUT2D eigenvalue weighted by Gasteiger charge is -2.16. The van der Waals surface area contributed by atoms with Crippen molar-refractivity contribution in [2.24, 2.45) is 11.8 Å². The molecule has 8 nitrogen and oxygen atoms in total. The van der Waals surface area contributed by atoms with E-state index in [1.54, 1.807) is 0 Å². The van der Waals surface area contributed by atoms with Crippen molar-refractivity contribution in [1.29, 1.82) is 0 Å². The minimum atomic E-state index is -4.65. The molecule has 0 rings (SSSR count). The highest BCUT2D eigenvalue weighted by atomic mass is 31.2. The Balaban J connectivity index is 4.67. The van der Waals surface area contributed by atoms with Crippen LogP contribution >= 0.6 is 7.82 Å². The molecule has 1 N–H and O–H groups in total. The first-order valence-corrected chi connectivity index (χ1v) is 7.97. The molecule has 2 atom stereocenters. The zero-order valence-electron chi connectivity index (χ0n) is 12.9. The van der Waals surface area contributed by atoms with E-state index in [0.717, 1.165) is 0 Å². The Bertz CT molecular complexity index is 519. The van der Waals surface area contributed by atoms with E-state index >= 15 is 0 Å². The molecule has 0 radical (unpaired) electrons. The monoisotopic (exact) mass is 346 g/mol. The smallest absolute Gasteiger partial charge is 0.302 e. The van der Waals surface area contributed by atoms with E-state index in [1.165, 1.54) is 13.8 Å². The molecule has 23 heavy (non-hydrogen) atoms. The second-order valence-corrected chi connectivity index (χ2v) is 6.29. The Morgan fingerprint density at radius 1 is 1.00 bits per heavy atom. The van der Waals surface area contributed by atoms with Gasteiger partial charge in [0.25, 0.3) is 0 Å². The predicted octanol–water partition coefficient (Wildman–Crippen LogP) is 1.04. The Morgan fingerprint density at radius 3 is 1.52 bits per heavy atom. The third-order valence-corrected chi connectivity index (χ3v) is 3.63. The number of carbonyl (C=O) groups is 4. The van der Waals surface area contributed by atoms with Crippen molar-refractivity contribution < 1.29 is 37.7 Å². The van der Waals surface area contributed by atoms with Gasteiger partial charge in [0, 0.05) is 0 Å². The van der Waals surface area contributed by atoms with Crippen LogP contribution in [0.2, 0.25) is 0 Å². The first-order valence-electron chi connectivity index (χ1n) is 6.47. The summed E-state index contributed by atoms with van der Waals surface area (Å²) in [5, 5.41) is 0. The van der Waals surface area contributed by atoms with E-state index in [9.17, 15) is 28.6 Å². The molecule has 0 spiro atoms. The fourth-order valence-electron chi connectivity index (χ4n) is 1.37. The van der Waals surface area contributed by atoms with E-state index in [-0.39, 0.29) is 23.7 Å². The van der Waals surface area contributed by atoms with Gasteiger partial charge in [0.15, 0.2) is 11.6 Å². The minimum absolute atomic E-state index is 0.0902. The summed E-state index contributed by atoms with van der Waals surface area (Å²) < 4.78 is 20.7. The normalized spacial score (nSPS) is 15.8. The summed E-state index contributed by atoms with van der Waals surface area (Å²) in [7, 11) is -4.65. The molecule has 0 aliphatic rings. The van der Waals surface area contributed by atoms with Crippen LogP contribution in [0.5, 0.6) is 0 Å². The highest BCUT2D eigenvalue weighted by Gasteiger charge is 2.29. The predicted molar refractivity (Wildman–Crippen MR) is 80.5 cm³/mol. The topological polar surface area (TPSA) is 124 Å². The standard InChI is InChI=1S/C14H19O8P/c1-9(2)13(17)11(5-15)7-21-23(19,20)22-8-12(6-16)14(18)10(3)4/h5-6,11-12H,1,3,7-8H2,2,4H3,(H,19,20). The van der Waals surface area contributed by atoms with Gasteiger partial charge in [0.2, 0.25) is 0 Å². The zero-order chi connectivity index (χ0) is 18.2. The van der Waals surface area contributed by atoms with Crippen molar-refractivity contribution in [2.45, 2.75) is 13.8 Å². The Hall–Kier alpha value is -1.73. The van der Waals surface area contributed by atoms with E-state index in [2.05, 4.69) is 22.2 Å². The number of hydrogen-bond donors (Lipinski definition) is 1. The van der Waals surface area contributed by atoms with Crippen LogP contribution < -0.4 is 0 Å². The maximum atomic E-state index is 11.7. The summed E-state index contributed by atoms with van der Waals surface area (Å²) in [6.07, 6.45) is 0.520. The second kappa shape index (κ2) is 9.42. The van der Waals surface area contributed by atoms with Crippen molar-refractivity contribution in [3.63, 3.8) is 0 Å². The number of rotatable bonds is 12. The lowest BCUT2D eigenvalue weighted by Crippen LogP contribution is -2.24. The Morgan fingerprint density at radius 2 is 1.30 bits per heavy atom. The Kier molecular flexibility index (Phi) is 8.71. The molecule has 0 heterocycles. The van der Waals surface area contributed by atoms with Crippen molar-refractivity contribution in [1.82, 2.24) is 0 Å². The van der Waals surface area contributed by atoms with Gasteiger partial charge >= 0.3 is 7.82 Å². The third kappa shape index (κ3) is 7.38. The number of Topliss-reactive ketones (excluding diaryl/α,β-unsaturated/α-hetero) is 2. The number of carbonyl (C=O) groups excluding carboxylic acids is 4. The summed E-state index contributed by atoms with van der Waals surface area (Å²) in [6.45, 7) is 8.11. The van der Waals surface area contributed by atoms with Crippen LogP contribution in [0.15, 0.2) is 24.3 Å². The van der Waals surface area contributed by atoms with E-state index in [1.807, 2.05) is 0 Å². The van der Waals surface area contributed by atoms with Crippen LogP contribution in [-0.2, 0) is 32.8 Å². The third-order valence-electron chi connectivity index (χ3n) is 2.68. The van der Waals surface area contributed by atoms with Crippen LogP contribution in [0.3, 0.4) is 0 Å². The van der Waals surface area contributed by atoms with Crippen molar-refractivity contribution in [3.8, 4) is 0 Å². The van der Waals surface area contributed by atoms with Crippen LogP contribution in [-0.4, -0.2) is 42.2 Å². The second-order valence-electron chi connectivity index (χ2n) is 4.83. The molecule has 0 bridgehead atoms. The molecule has 2 unspecified atom stereocenters. The molecule has 0 amide bonds. The summed E-state index contributed by atoms with van der Waals surface area (Å²) >= 11 is 0. The number of phosphoric ester groups is 1. The summed E-state index contributed by atoms with van der Waals surface area (Å²) in [6, 6.07) is 0. The lowest BCUT2D eigenvalue weighted by atomic mass is 10.0. The minimum Gasteiger partial charge on any atom is -0.302 e. The fraction of sp³-hybridized carbons (Fsp3) is 0.429. The number of hydrogen-bond acceptors (Lipinski definition) is 7. The van der Waals surface area contributed by atoms with Gasteiger partial charge in [-0.2, -0.15) is 0 Å². The van der Waals surface area contributed by atoms with Gasteiger partial charge in [0.05, 0.1) is 13.2 Å². The quantitative estimate of drug-likeness (QED) is 0.241. The first-order chi connectivity index (χ1) is 10.6. The van der Waals surface area contributed by atoms with Gasteiger partial charge in [-0.25, -0.2) is 4.57 Å². The van der Waals surface area contributed by atoms with Crippen molar-refractivity contribution in [3.05, 3.63) is 24.3 Å². The summed E-state index contributed by atoms with van der Waals surface area (Å²) in [5.41, 5.74) is 0.180. The van der Waals surface area contributed by atoms with Gasteiger partial charge < -0.3 is 14.5 Å². The number of ketones is 2. The molecule has 0 saturated carbocycles.